The molecule has 4 nitrogen and oxygen atoms in total. The van der Waals surface area contributed by atoms with Gasteiger partial charge < -0.3 is 15.4 Å². The number of benzene rings is 1. The lowest BCUT2D eigenvalue weighted by Gasteiger charge is -2.09. The van der Waals surface area contributed by atoms with Crippen molar-refractivity contribution < 1.29 is 22.7 Å². The average Bonchev–Trinajstić information content (AvgIpc) is 2.34. The molecule has 0 saturated carbocycles. The maximum atomic E-state index is 12.3. The van der Waals surface area contributed by atoms with Crippen molar-refractivity contribution in [3.63, 3.8) is 0 Å². The minimum absolute atomic E-state index is 0.293. The Morgan fingerprint density at radius 2 is 1.89 bits per heavy atom. The number of anilines is 1. The van der Waals surface area contributed by atoms with Crippen molar-refractivity contribution in [2.45, 2.75) is 13.1 Å². The molecule has 0 bridgehead atoms. The number of hydrogen-bond acceptors (Lipinski definition) is 2. The van der Waals surface area contributed by atoms with E-state index in [1.807, 2.05) is 6.92 Å². The largest absolute Gasteiger partial charge is 0.416 e. The van der Waals surface area contributed by atoms with Crippen LogP contribution in [0.15, 0.2) is 24.3 Å². The number of amides is 2. The van der Waals surface area contributed by atoms with Crippen LogP contribution in [0.4, 0.5) is 23.7 Å². The summed E-state index contributed by atoms with van der Waals surface area (Å²) in [6.07, 6.45) is -4.38. The first-order valence-electron chi connectivity index (χ1n) is 5.73. The van der Waals surface area contributed by atoms with Gasteiger partial charge in [0.15, 0.2) is 0 Å². The first-order valence-corrected chi connectivity index (χ1v) is 5.73. The van der Waals surface area contributed by atoms with Crippen LogP contribution in [0.3, 0.4) is 0 Å². The van der Waals surface area contributed by atoms with Crippen LogP contribution in [0.2, 0.25) is 0 Å². The number of halogens is 3. The van der Waals surface area contributed by atoms with Crippen molar-refractivity contribution in [2.75, 3.05) is 25.1 Å². The van der Waals surface area contributed by atoms with Crippen LogP contribution in [0, 0.1) is 0 Å². The van der Waals surface area contributed by atoms with Crippen LogP contribution in [0.25, 0.3) is 0 Å². The van der Waals surface area contributed by atoms with Gasteiger partial charge in [-0.1, -0.05) is 0 Å². The van der Waals surface area contributed by atoms with Crippen molar-refractivity contribution in [3.8, 4) is 0 Å². The second kappa shape index (κ2) is 6.98. The Kier molecular flexibility index (Phi) is 5.62. The van der Waals surface area contributed by atoms with Crippen molar-refractivity contribution in [1.29, 1.82) is 0 Å². The molecule has 0 radical (unpaired) electrons. The molecule has 19 heavy (non-hydrogen) atoms. The molecular formula is C12H15F3N2O2. The molecule has 1 aromatic rings. The van der Waals surface area contributed by atoms with E-state index in [4.69, 9.17) is 4.74 Å². The molecular weight excluding hydrogens is 261 g/mol. The van der Waals surface area contributed by atoms with Crippen molar-refractivity contribution >= 4 is 11.7 Å². The number of hydrogen-bond donors (Lipinski definition) is 2. The minimum atomic E-state index is -4.38. The van der Waals surface area contributed by atoms with E-state index in [0.717, 1.165) is 12.1 Å². The Morgan fingerprint density at radius 3 is 2.42 bits per heavy atom. The summed E-state index contributed by atoms with van der Waals surface area (Å²) < 4.78 is 41.9. The van der Waals surface area contributed by atoms with Gasteiger partial charge in [-0.3, -0.25) is 0 Å². The highest BCUT2D eigenvalue weighted by molar-refractivity contribution is 5.89. The number of alkyl halides is 3. The van der Waals surface area contributed by atoms with Gasteiger partial charge in [-0.25, -0.2) is 4.79 Å². The Bertz CT molecular complexity index is 404. The quantitative estimate of drug-likeness (QED) is 0.812. The van der Waals surface area contributed by atoms with Crippen LogP contribution in [-0.2, 0) is 10.9 Å². The molecule has 2 amide bonds. The Hall–Kier alpha value is -1.76. The van der Waals surface area contributed by atoms with Gasteiger partial charge in [0.2, 0.25) is 0 Å². The summed E-state index contributed by atoms with van der Waals surface area (Å²) in [7, 11) is 0. The van der Waals surface area contributed by atoms with Gasteiger partial charge in [-0.05, 0) is 31.2 Å². The standard InChI is InChI=1S/C12H15F3N2O2/c1-2-19-8-7-16-11(18)17-10-5-3-9(4-6-10)12(13,14)15/h3-6H,2,7-8H2,1H3,(H2,16,17,18). The highest BCUT2D eigenvalue weighted by Gasteiger charge is 2.29. The lowest BCUT2D eigenvalue weighted by molar-refractivity contribution is -0.137. The van der Waals surface area contributed by atoms with Gasteiger partial charge in [-0.2, -0.15) is 13.2 Å². The molecule has 0 aromatic heterocycles. The minimum Gasteiger partial charge on any atom is -0.380 e. The molecule has 0 aliphatic carbocycles. The third-order valence-corrected chi connectivity index (χ3v) is 2.21. The second-order valence-corrected chi connectivity index (χ2v) is 3.65. The SMILES string of the molecule is CCOCCNC(=O)Nc1ccc(C(F)(F)F)cc1. The maximum Gasteiger partial charge on any atom is 0.416 e. The van der Waals surface area contributed by atoms with Crippen LogP contribution < -0.4 is 10.6 Å². The predicted octanol–water partition coefficient (Wildman–Crippen LogP) is 2.86. The van der Waals surface area contributed by atoms with Gasteiger partial charge in [0.25, 0.3) is 0 Å². The summed E-state index contributed by atoms with van der Waals surface area (Å²) in [5.41, 5.74) is -0.461. The summed E-state index contributed by atoms with van der Waals surface area (Å²) >= 11 is 0. The lowest BCUT2D eigenvalue weighted by Crippen LogP contribution is -2.31. The van der Waals surface area contributed by atoms with E-state index >= 15 is 0 Å². The summed E-state index contributed by atoms with van der Waals surface area (Å²) in [5.74, 6) is 0. The molecule has 0 heterocycles. The predicted molar refractivity (Wildman–Crippen MR) is 65.0 cm³/mol. The van der Waals surface area contributed by atoms with E-state index < -0.39 is 17.8 Å². The molecule has 1 rings (SSSR count). The normalized spacial score (nSPS) is 11.2. The number of rotatable bonds is 5. The van der Waals surface area contributed by atoms with E-state index in [-0.39, 0.29) is 0 Å². The van der Waals surface area contributed by atoms with Gasteiger partial charge in [0, 0.05) is 18.8 Å². The Morgan fingerprint density at radius 1 is 1.26 bits per heavy atom. The monoisotopic (exact) mass is 276 g/mol. The van der Waals surface area contributed by atoms with Crippen LogP contribution in [-0.4, -0.2) is 25.8 Å². The molecule has 1 aromatic carbocycles. The first kappa shape index (κ1) is 15.3. The zero-order valence-electron chi connectivity index (χ0n) is 10.4. The molecule has 0 fully saturated rings. The van der Waals surface area contributed by atoms with Crippen molar-refractivity contribution in [1.82, 2.24) is 5.32 Å². The van der Waals surface area contributed by atoms with Crippen molar-refractivity contribution in [3.05, 3.63) is 29.8 Å². The first-order chi connectivity index (χ1) is 8.93. The number of nitrogens with one attached hydrogen (secondary N) is 2. The molecule has 0 atom stereocenters. The van der Waals surface area contributed by atoms with Crippen LogP contribution >= 0.6 is 0 Å². The van der Waals surface area contributed by atoms with E-state index in [9.17, 15) is 18.0 Å². The molecule has 0 saturated heterocycles. The van der Waals surface area contributed by atoms with E-state index in [2.05, 4.69) is 10.6 Å². The van der Waals surface area contributed by atoms with Gasteiger partial charge in [-0.15, -0.1) is 0 Å². The molecule has 0 aliphatic rings. The number of urea groups is 1. The molecule has 0 aliphatic heterocycles. The fraction of sp³-hybridized carbons (Fsp3) is 0.417. The summed E-state index contributed by atoms with van der Waals surface area (Å²) in [6.45, 7) is 3.11. The van der Waals surface area contributed by atoms with E-state index in [0.29, 0.717) is 25.4 Å². The third-order valence-electron chi connectivity index (χ3n) is 2.21. The van der Waals surface area contributed by atoms with E-state index in [1.165, 1.54) is 12.1 Å². The topological polar surface area (TPSA) is 50.4 Å². The maximum absolute atomic E-state index is 12.3. The Labute approximate surface area is 108 Å². The van der Waals surface area contributed by atoms with Gasteiger partial charge in [0.1, 0.15) is 0 Å². The Balaban J connectivity index is 2.43. The average molecular weight is 276 g/mol. The lowest BCUT2D eigenvalue weighted by atomic mass is 10.2. The fourth-order valence-corrected chi connectivity index (χ4v) is 1.30. The smallest absolute Gasteiger partial charge is 0.380 e. The molecule has 7 heteroatoms. The van der Waals surface area contributed by atoms with Gasteiger partial charge >= 0.3 is 12.2 Å². The van der Waals surface area contributed by atoms with Crippen molar-refractivity contribution in [2.24, 2.45) is 0 Å². The molecule has 106 valence electrons. The molecule has 2 N–H and O–H groups in total. The number of carbonyl (C=O) groups is 1. The number of ether oxygens (including phenoxy) is 1. The van der Waals surface area contributed by atoms with E-state index in [1.54, 1.807) is 0 Å². The van der Waals surface area contributed by atoms with Crippen LogP contribution in [0.1, 0.15) is 12.5 Å². The van der Waals surface area contributed by atoms with Gasteiger partial charge in [0.05, 0.1) is 12.2 Å². The summed E-state index contributed by atoms with van der Waals surface area (Å²) in [4.78, 5) is 11.4. The third kappa shape index (κ3) is 5.60. The summed E-state index contributed by atoms with van der Waals surface area (Å²) in [5, 5.41) is 4.94. The highest BCUT2D eigenvalue weighted by atomic mass is 19.4. The fourth-order valence-electron chi connectivity index (χ4n) is 1.30. The molecule has 0 unspecified atom stereocenters. The molecule has 0 spiro atoms. The second-order valence-electron chi connectivity index (χ2n) is 3.65. The highest BCUT2D eigenvalue weighted by Crippen LogP contribution is 2.29. The zero-order chi connectivity index (χ0) is 14.3. The number of carbonyl (C=O) groups excluding carboxylic acids is 1. The van der Waals surface area contributed by atoms with Crippen LogP contribution in [0.5, 0.6) is 0 Å². The zero-order valence-corrected chi connectivity index (χ0v) is 10.4. The summed E-state index contributed by atoms with van der Waals surface area (Å²) in [6, 6.07) is 3.74.